The second kappa shape index (κ2) is 8.29. The summed E-state index contributed by atoms with van der Waals surface area (Å²) in [5.41, 5.74) is 2.83. The quantitative estimate of drug-likeness (QED) is 0.742. The lowest BCUT2D eigenvalue weighted by atomic mass is 9.69. The minimum Gasteiger partial charge on any atom is -0.337 e. The average molecular weight is 413 g/mol. The van der Waals surface area contributed by atoms with Gasteiger partial charge in [-0.2, -0.15) is 5.10 Å². The molecule has 0 unspecified atom stereocenters. The molecule has 1 aliphatic carbocycles. The van der Waals surface area contributed by atoms with Crippen LogP contribution in [0.5, 0.6) is 0 Å². The van der Waals surface area contributed by atoms with Gasteiger partial charge in [0.1, 0.15) is 5.69 Å². The molecule has 1 saturated carbocycles. The Morgan fingerprint density at radius 3 is 2.47 bits per heavy atom. The standard InChI is InChI=1S/C25H40N4O/c1-17-18(2)26-27(3)24(17)25(30)28-15-20-14-21(16-28)23(13-19-9-5-4-6-10-19)29-12-8-7-11-22(20)29/h19-23H,4-16H2,1-3H3/t20-,21+,22+,23+/m1/s1. The molecule has 0 aromatic carbocycles. The van der Waals surface area contributed by atoms with Crippen molar-refractivity contribution in [3.63, 3.8) is 0 Å². The first-order valence-corrected chi connectivity index (χ1v) is 12.6. The number of amides is 1. The van der Waals surface area contributed by atoms with E-state index in [9.17, 15) is 4.79 Å². The van der Waals surface area contributed by atoms with Gasteiger partial charge in [0.15, 0.2) is 0 Å². The average Bonchev–Trinajstić information content (AvgIpc) is 3.02. The third kappa shape index (κ3) is 3.61. The van der Waals surface area contributed by atoms with Crippen LogP contribution in [0.2, 0.25) is 0 Å². The van der Waals surface area contributed by atoms with Crippen LogP contribution >= 0.6 is 0 Å². The summed E-state index contributed by atoms with van der Waals surface area (Å²) >= 11 is 0. The Kier molecular flexibility index (Phi) is 5.68. The number of rotatable bonds is 3. The van der Waals surface area contributed by atoms with Gasteiger partial charge in [0, 0.05) is 37.8 Å². The van der Waals surface area contributed by atoms with E-state index in [1.165, 1.54) is 70.8 Å². The van der Waals surface area contributed by atoms with Gasteiger partial charge in [-0.15, -0.1) is 0 Å². The summed E-state index contributed by atoms with van der Waals surface area (Å²) in [6.07, 6.45) is 13.9. The van der Waals surface area contributed by atoms with E-state index in [0.717, 1.165) is 36.0 Å². The number of carbonyl (C=O) groups excluding carboxylic acids is 1. The lowest BCUT2D eigenvalue weighted by Crippen LogP contribution is -2.64. The summed E-state index contributed by atoms with van der Waals surface area (Å²) in [6, 6.07) is 1.40. The van der Waals surface area contributed by atoms with Gasteiger partial charge in [0.05, 0.1) is 5.69 Å². The highest BCUT2D eigenvalue weighted by molar-refractivity contribution is 5.94. The zero-order chi connectivity index (χ0) is 20.8. The topological polar surface area (TPSA) is 41.4 Å². The minimum atomic E-state index is 0.214. The van der Waals surface area contributed by atoms with Crippen molar-refractivity contribution in [1.82, 2.24) is 19.6 Å². The van der Waals surface area contributed by atoms with E-state index in [-0.39, 0.29) is 5.91 Å². The first-order chi connectivity index (χ1) is 14.5. The van der Waals surface area contributed by atoms with E-state index in [1.54, 1.807) is 0 Å². The first-order valence-electron chi connectivity index (χ1n) is 12.6. The Labute approximate surface area is 182 Å². The summed E-state index contributed by atoms with van der Waals surface area (Å²) < 4.78 is 1.81. The van der Waals surface area contributed by atoms with Crippen molar-refractivity contribution in [2.45, 2.75) is 90.1 Å². The summed E-state index contributed by atoms with van der Waals surface area (Å²) in [5, 5.41) is 4.52. The molecule has 5 nitrogen and oxygen atoms in total. The highest BCUT2D eigenvalue weighted by Gasteiger charge is 2.48. The molecule has 3 aliphatic heterocycles. The predicted octanol–water partition coefficient (Wildman–Crippen LogP) is 4.32. The highest BCUT2D eigenvalue weighted by atomic mass is 16.2. The summed E-state index contributed by atoms with van der Waals surface area (Å²) in [7, 11) is 1.92. The largest absolute Gasteiger partial charge is 0.337 e. The maximum atomic E-state index is 13.6. The zero-order valence-electron chi connectivity index (χ0n) is 19.3. The van der Waals surface area contributed by atoms with Crippen LogP contribution < -0.4 is 0 Å². The number of nitrogens with zero attached hydrogens (tertiary/aromatic N) is 4. The number of piperidine rings is 3. The normalized spacial score (nSPS) is 32.8. The molecule has 5 rings (SSSR count). The first kappa shape index (κ1) is 20.5. The number of hydrogen-bond acceptors (Lipinski definition) is 3. The fourth-order valence-corrected chi connectivity index (χ4v) is 7.38. The Hall–Kier alpha value is -1.36. The van der Waals surface area contributed by atoms with Gasteiger partial charge in [-0.3, -0.25) is 14.4 Å². The van der Waals surface area contributed by atoms with Gasteiger partial charge < -0.3 is 4.90 Å². The van der Waals surface area contributed by atoms with Crippen LogP contribution in [0.3, 0.4) is 0 Å². The van der Waals surface area contributed by atoms with Crippen LogP contribution in [0.25, 0.3) is 0 Å². The molecule has 3 saturated heterocycles. The Balaban J connectivity index is 1.39. The minimum absolute atomic E-state index is 0.214. The molecule has 0 N–H and O–H groups in total. The molecule has 4 atom stereocenters. The molecule has 0 radical (unpaired) electrons. The molecule has 4 aliphatic rings. The molecule has 5 heteroatoms. The van der Waals surface area contributed by atoms with E-state index in [0.29, 0.717) is 23.9 Å². The molecule has 0 spiro atoms. The molecule has 4 heterocycles. The third-order valence-electron chi connectivity index (χ3n) is 8.93. The van der Waals surface area contributed by atoms with E-state index < -0.39 is 0 Å². The molecule has 1 aromatic rings. The number of aryl methyl sites for hydroxylation is 2. The fourth-order valence-electron chi connectivity index (χ4n) is 7.38. The van der Waals surface area contributed by atoms with Crippen molar-refractivity contribution in [1.29, 1.82) is 0 Å². The van der Waals surface area contributed by atoms with Crippen LogP contribution in [0, 0.1) is 31.6 Å². The lowest BCUT2D eigenvalue weighted by molar-refractivity contribution is -0.0726. The van der Waals surface area contributed by atoms with Gasteiger partial charge in [0.2, 0.25) is 0 Å². The van der Waals surface area contributed by atoms with Gasteiger partial charge in [-0.05, 0) is 63.8 Å². The monoisotopic (exact) mass is 412 g/mol. The van der Waals surface area contributed by atoms with E-state index in [4.69, 9.17) is 0 Å². The van der Waals surface area contributed by atoms with E-state index in [2.05, 4.69) is 21.8 Å². The number of likely N-dealkylation sites (tertiary alicyclic amines) is 1. The Morgan fingerprint density at radius 2 is 1.73 bits per heavy atom. The van der Waals surface area contributed by atoms with Crippen molar-refractivity contribution in [2.24, 2.45) is 24.8 Å². The summed E-state index contributed by atoms with van der Waals surface area (Å²) in [4.78, 5) is 18.7. The molecule has 1 amide bonds. The molecule has 1 aromatic heterocycles. The fraction of sp³-hybridized carbons (Fsp3) is 0.840. The molecule has 2 bridgehead atoms. The van der Waals surface area contributed by atoms with Crippen LogP contribution in [0.15, 0.2) is 0 Å². The zero-order valence-corrected chi connectivity index (χ0v) is 19.3. The maximum absolute atomic E-state index is 13.6. The number of aromatic nitrogens is 2. The van der Waals surface area contributed by atoms with Gasteiger partial charge in [-0.25, -0.2) is 0 Å². The van der Waals surface area contributed by atoms with Gasteiger partial charge >= 0.3 is 0 Å². The van der Waals surface area contributed by atoms with Crippen molar-refractivity contribution < 1.29 is 4.79 Å². The van der Waals surface area contributed by atoms with Crippen molar-refractivity contribution in [3.8, 4) is 0 Å². The van der Waals surface area contributed by atoms with Crippen LogP contribution in [-0.4, -0.2) is 57.2 Å². The second-order valence-corrected chi connectivity index (χ2v) is 10.8. The number of carbonyl (C=O) groups is 1. The maximum Gasteiger partial charge on any atom is 0.272 e. The van der Waals surface area contributed by atoms with Crippen molar-refractivity contribution in [3.05, 3.63) is 17.0 Å². The van der Waals surface area contributed by atoms with Crippen LogP contribution in [0.4, 0.5) is 0 Å². The lowest BCUT2D eigenvalue weighted by Gasteiger charge is -2.57. The molecule has 4 fully saturated rings. The van der Waals surface area contributed by atoms with Gasteiger partial charge in [-0.1, -0.05) is 38.5 Å². The Morgan fingerprint density at radius 1 is 1.00 bits per heavy atom. The molecular weight excluding hydrogens is 372 g/mol. The number of hydrogen-bond donors (Lipinski definition) is 0. The highest BCUT2D eigenvalue weighted by Crippen LogP contribution is 2.44. The van der Waals surface area contributed by atoms with Crippen molar-refractivity contribution >= 4 is 5.91 Å². The SMILES string of the molecule is Cc1nn(C)c(C(=O)N2C[C@H]3C[C@@H](C2)[C@H](CC2CCCCC2)N2CCCC[C@@H]32)c1C. The summed E-state index contributed by atoms with van der Waals surface area (Å²) in [6.45, 7) is 7.24. The van der Waals surface area contributed by atoms with E-state index >= 15 is 0 Å². The van der Waals surface area contributed by atoms with Crippen molar-refractivity contribution in [2.75, 3.05) is 19.6 Å². The Bertz CT molecular complexity index is 780. The predicted molar refractivity (Wildman–Crippen MR) is 120 cm³/mol. The smallest absolute Gasteiger partial charge is 0.272 e. The molecule has 166 valence electrons. The summed E-state index contributed by atoms with van der Waals surface area (Å²) in [5.74, 6) is 2.44. The van der Waals surface area contributed by atoms with E-state index in [1.807, 2.05) is 18.7 Å². The second-order valence-electron chi connectivity index (χ2n) is 10.8. The third-order valence-corrected chi connectivity index (χ3v) is 8.93. The van der Waals surface area contributed by atoms with Crippen LogP contribution in [0.1, 0.15) is 86.0 Å². The number of fused-ring (bicyclic) bond motifs is 4. The van der Waals surface area contributed by atoms with Gasteiger partial charge in [0.25, 0.3) is 5.91 Å². The molecule has 30 heavy (non-hydrogen) atoms. The molecular formula is C25H40N4O. The van der Waals surface area contributed by atoms with Crippen LogP contribution in [-0.2, 0) is 7.05 Å².